The van der Waals surface area contributed by atoms with E-state index in [4.69, 9.17) is 5.73 Å². The van der Waals surface area contributed by atoms with Crippen LogP contribution in [0.2, 0.25) is 0 Å². The van der Waals surface area contributed by atoms with E-state index in [0.29, 0.717) is 6.42 Å². The van der Waals surface area contributed by atoms with E-state index in [2.05, 4.69) is 9.44 Å². The Kier molecular flexibility index (Phi) is 7.17. The summed E-state index contributed by atoms with van der Waals surface area (Å²) in [5, 5.41) is 0. The highest BCUT2D eigenvalue weighted by Crippen LogP contribution is 1.89. The predicted molar refractivity (Wildman–Crippen MR) is 67.5 cm³/mol. The van der Waals surface area contributed by atoms with Crippen molar-refractivity contribution in [1.82, 2.24) is 9.44 Å². The molecule has 0 aromatic carbocycles. The van der Waals surface area contributed by atoms with Crippen molar-refractivity contribution in [2.45, 2.75) is 26.3 Å². The Labute approximate surface area is 103 Å². The molecular formula is C8H21N3O4S2. The van der Waals surface area contributed by atoms with Gasteiger partial charge in [-0.25, -0.2) is 26.3 Å². The molecule has 0 bridgehead atoms. The Balaban J connectivity index is 3.95. The lowest BCUT2D eigenvalue weighted by Crippen LogP contribution is -2.36. The molecule has 0 spiro atoms. The van der Waals surface area contributed by atoms with Crippen molar-refractivity contribution in [2.24, 2.45) is 5.73 Å². The van der Waals surface area contributed by atoms with Crippen LogP contribution in [0.15, 0.2) is 0 Å². The summed E-state index contributed by atoms with van der Waals surface area (Å²) in [6.45, 7) is 3.41. The van der Waals surface area contributed by atoms with Crippen LogP contribution in [0, 0.1) is 0 Å². The molecule has 0 radical (unpaired) electrons. The standard InChI is InChI=1S/C8H21N3O4S2/c1-3-16(12,13)11-6-7-17(14,15)10-5-4-8(2)9/h8,10-11H,3-7,9H2,1-2H3. The van der Waals surface area contributed by atoms with Crippen LogP contribution in [0.5, 0.6) is 0 Å². The molecule has 0 saturated carbocycles. The normalized spacial score (nSPS) is 14.8. The van der Waals surface area contributed by atoms with Crippen LogP contribution in [0.3, 0.4) is 0 Å². The van der Waals surface area contributed by atoms with Crippen molar-refractivity contribution in [3.05, 3.63) is 0 Å². The largest absolute Gasteiger partial charge is 0.328 e. The highest BCUT2D eigenvalue weighted by Gasteiger charge is 2.12. The molecule has 1 atom stereocenters. The lowest BCUT2D eigenvalue weighted by atomic mass is 10.3. The fraction of sp³-hybridized carbons (Fsp3) is 1.00. The molecule has 0 rings (SSSR count). The van der Waals surface area contributed by atoms with Gasteiger partial charge in [0.2, 0.25) is 20.0 Å². The third-order valence-corrected chi connectivity index (χ3v) is 4.78. The summed E-state index contributed by atoms with van der Waals surface area (Å²) < 4.78 is 49.4. The minimum absolute atomic E-state index is 0.0643. The third kappa shape index (κ3) is 9.48. The monoisotopic (exact) mass is 287 g/mol. The topological polar surface area (TPSA) is 118 Å². The van der Waals surface area contributed by atoms with Gasteiger partial charge in [0.1, 0.15) is 0 Å². The van der Waals surface area contributed by atoms with Gasteiger partial charge in [0.25, 0.3) is 0 Å². The first-order chi connectivity index (χ1) is 7.68. The molecule has 9 heteroatoms. The number of sulfonamides is 2. The van der Waals surface area contributed by atoms with Gasteiger partial charge in [-0.15, -0.1) is 0 Å². The van der Waals surface area contributed by atoms with E-state index in [1.54, 1.807) is 6.92 Å². The van der Waals surface area contributed by atoms with E-state index in [9.17, 15) is 16.8 Å². The first-order valence-corrected chi connectivity index (χ1v) is 8.69. The Morgan fingerprint density at radius 2 is 1.59 bits per heavy atom. The fourth-order valence-corrected chi connectivity index (χ4v) is 2.64. The molecule has 104 valence electrons. The molecule has 17 heavy (non-hydrogen) atoms. The van der Waals surface area contributed by atoms with Gasteiger partial charge in [0, 0.05) is 19.1 Å². The lowest BCUT2D eigenvalue weighted by molar-refractivity contribution is 0.568. The average molecular weight is 287 g/mol. The van der Waals surface area contributed by atoms with Gasteiger partial charge in [-0.3, -0.25) is 0 Å². The van der Waals surface area contributed by atoms with Crippen molar-refractivity contribution >= 4 is 20.0 Å². The van der Waals surface area contributed by atoms with E-state index < -0.39 is 20.0 Å². The maximum Gasteiger partial charge on any atom is 0.212 e. The summed E-state index contributed by atoms with van der Waals surface area (Å²) in [7, 11) is -6.78. The van der Waals surface area contributed by atoms with E-state index in [1.165, 1.54) is 6.92 Å². The Hall–Kier alpha value is -0.220. The van der Waals surface area contributed by atoms with Crippen LogP contribution in [0.4, 0.5) is 0 Å². The molecule has 0 aliphatic carbocycles. The molecular weight excluding hydrogens is 266 g/mol. The highest BCUT2D eigenvalue weighted by molar-refractivity contribution is 7.90. The number of nitrogens with one attached hydrogen (secondary N) is 2. The van der Waals surface area contributed by atoms with E-state index in [1.807, 2.05) is 0 Å². The lowest BCUT2D eigenvalue weighted by Gasteiger charge is -2.08. The molecule has 1 unspecified atom stereocenters. The number of hydrogen-bond acceptors (Lipinski definition) is 5. The minimum Gasteiger partial charge on any atom is -0.328 e. The molecule has 4 N–H and O–H groups in total. The van der Waals surface area contributed by atoms with Crippen molar-refractivity contribution < 1.29 is 16.8 Å². The van der Waals surface area contributed by atoms with Gasteiger partial charge in [0.05, 0.1) is 11.5 Å². The van der Waals surface area contributed by atoms with Gasteiger partial charge in [-0.2, -0.15) is 0 Å². The fourth-order valence-electron chi connectivity index (χ4n) is 0.948. The van der Waals surface area contributed by atoms with E-state index in [0.717, 1.165) is 0 Å². The highest BCUT2D eigenvalue weighted by atomic mass is 32.2. The minimum atomic E-state index is -3.44. The quantitative estimate of drug-likeness (QED) is 0.481. The van der Waals surface area contributed by atoms with Crippen LogP contribution in [-0.2, 0) is 20.0 Å². The summed E-state index contributed by atoms with van der Waals surface area (Å²) in [6.07, 6.45) is 0.542. The van der Waals surface area contributed by atoms with Gasteiger partial charge in [-0.05, 0) is 20.3 Å². The SMILES string of the molecule is CCS(=O)(=O)NCCS(=O)(=O)NCCC(C)N. The van der Waals surface area contributed by atoms with Gasteiger partial charge >= 0.3 is 0 Å². The summed E-state index contributed by atoms with van der Waals surface area (Å²) in [4.78, 5) is 0. The molecule has 7 nitrogen and oxygen atoms in total. The van der Waals surface area contributed by atoms with Crippen LogP contribution in [0.25, 0.3) is 0 Å². The molecule has 0 aromatic rings. The van der Waals surface area contributed by atoms with Crippen molar-refractivity contribution in [2.75, 3.05) is 24.6 Å². The van der Waals surface area contributed by atoms with Gasteiger partial charge in [-0.1, -0.05) is 0 Å². The van der Waals surface area contributed by atoms with Crippen molar-refractivity contribution in [3.63, 3.8) is 0 Å². The molecule has 0 amide bonds. The van der Waals surface area contributed by atoms with Crippen LogP contribution in [-0.4, -0.2) is 47.5 Å². The second kappa shape index (κ2) is 7.27. The zero-order valence-electron chi connectivity index (χ0n) is 10.1. The number of hydrogen-bond donors (Lipinski definition) is 3. The van der Waals surface area contributed by atoms with E-state index in [-0.39, 0.29) is 30.6 Å². The Morgan fingerprint density at radius 3 is 2.06 bits per heavy atom. The van der Waals surface area contributed by atoms with Crippen molar-refractivity contribution in [1.29, 1.82) is 0 Å². The van der Waals surface area contributed by atoms with Crippen LogP contribution >= 0.6 is 0 Å². The number of rotatable bonds is 9. The summed E-state index contributed by atoms with van der Waals surface area (Å²) in [6, 6.07) is -0.0729. The van der Waals surface area contributed by atoms with Gasteiger partial charge in [0.15, 0.2) is 0 Å². The molecule has 0 aromatic heterocycles. The maximum absolute atomic E-state index is 11.4. The smallest absolute Gasteiger partial charge is 0.212 e. The van der Waals surface area contributed by atoms with Crippen LogP contribution in [0.1, 0.15) is 20.3 Å². The summed E-state index contributed by atoms with van der Waals surface area (Å²) in [5.41, 5.74) is 5.47. The molecule has 0 aliphatic rings. The molecule has 0 fully saturated rings. The van der Waals surface area contributed by atoms with Gasteiger partial charge < -0.3 is 5.73 Å². The van der Waals surface area contributed by atoms with Crippen LogP contribution < -0.4 is 15.2 Å². The third-order valence-electron chi connectivity index (χ3n) is 1.99. The van der Waals surface area contributed by atoms with E-state index >= 15 is 0 Å². The Bertz CT molecular complexity index is 402. The first kappa shape index (κ1) is 16.8. The maximum atomic E-state index is 11.4. The second-order valence-corrected chi connectivity index (χ2v) is 7.80. The zero-order valence-corrected chi connectivity index (χ0v) is 11.8. The molecule has 0 aliphatic heterocycles. The first-order valence-electron chi connectivity index (χ1n) is 5.39. The summed E-state index contributed by atoms with van der Waals surface area (Å²) in [5.74, 6) is -0.337. The average Bonchev–Trinajstić information content (AvgIpc) is 2.16. The predicted octanol–water partition coefficient (Wildman–Crippen LogP) is -1.42. The van der Waals surface area contributed by atoms with Crippen molar-refractivity contribution in [3.8, 4) is 0 Å². The summed E-state index contributed by atoms with van der Waals surface area (Å²) >= 11 is 0. The second-order valence-electron chi connectivity index (χ2n) is 3.78. The molecule has 0 heterocycles. The molecule has 0 saturated heterocycles. The Morgan fingerprint density at radius 1 is 1.06 bits per heavy atom. The number of nitrogens with two attached hydrogens (primary N) is 1. The zero-order chi connectivity index (χ0) is 13.5.